The summed E-state index contributed by atoms with van der Waals surface area (Å²) in [5.41, 5.74) is 3.83. The minimum absolute atomic E-state index is 0.672. The van der Waals surface area contributed by atoms with Gasteiger partial charge in [-0.3, -0.25) is 0 Å². The molecule has 0 saturated carbocycles. The van der Waals surface area contributed by atoms with Crippen molar-refractivity contribution in [1.82, 2.24) is 9.97 Å². The Morgan fingerprint density at radius 1 is 1.31 bits per heavy atom. The minimum atomic E-state index is 0.672. The first kappa shape index (κ1) is 10.2. The standard InChI is InChI=1S/C9H12N2.C2H6/c1-6-3-4-8-9(6)7(2)10-5-11-8;1-2/h5-6H,3-4H2,1-2H3;1-2H3/t6-;/m1./s1. The molecule has 0 saturated heterocycles. The van der Waals surface area contributed by atoms with Gasteiger partial charge < -0.3 is 0 Å². The molecule has 13 heavy (non-hydrogen) atoms. The Kier molecular flexibility index (Phi) is 3.40. The van der Waals surface area contributed by atoms with Crippen molar-refractivity contribution in [3.63, 3.8) is 0 Å². The van der Waals surface area contributed by atoms with Crippen LogP contribution in [0.4, 0.5) is 0 Å². The van der Waals surface area contributed by atoms with Crippen molar-refractivity contribution in [2.75, 3.05) is 0 Å². The molecule has 1 aliphatic rings. The zero-order valence-corrected chi connectivity index (χ0v) is 8.96. The fourth-order valence-electron chi connectivity index (χ4n) is 1.87. The lowest BCUT2D eigenvalue weighted by Crippen LogP contribution is -1.96. The second-order valence-corrected chi connectivity index (χ2v) is 3.26. The molecule has 0 amide bonds. The SMILES string of the molecule is CC.Cc1ncnc2c1[C@H](C)CC2. The van der Waals surface area contributed by atoms with E-state index in [0.717, 1.165) is 6.42 Å². The van der Waals surface area contributed by atoms with Crippen LogP contribution in [-0.2, 0) is 6.42 Å². The summed E-state index contributed by atoms with van der Waals surface area (Å²) in [6, 6.07) is 0. The van der Waals surface area contributed by atoms with Crippen LogP contribution >= 0.6 is 0 Å². The Hall–Kier alpha value is -0.920. The molecule has 2 rings (SSSR count). The van der Waals surface area contributed by atoms with E-state index in [-0.39, 0.29) is 0 Å². The van der Waals surface area contributed by atoms with Gasteiger partial charge in [-0.25, -0.2) is 9.97 Å². The van der Waals surface area contributed by atoms with Crippen molar-refractivity contribution in [2.24, 2.45) is 0 Å². The van der Waals surface area contributed by atoms with Crippen molar-refractivity contribution in [3.8, 4) is 0 Å². The normalized spacial score (nSPS) is 18.9. The maximum absolute atomic E-state index is 4.26. The van der Waals surface area contributed by atoms with Crippen molar-refractivity contribution in [1.29, 1.82) is 0 Å². The molecular formula is C11H18N2. The highest BCUT2D eigenvalue weighted by Crippen LogP contribution is 2.32. The van der Waals surface area contributed by atoms with Gasteiger partial charge in [0.25, 0.3) is 0 Å². The van der Waals surface area contributed by atoms with Gasteiger partial charge in [0, 0.05) is 11.4 Å². The molecule has 1 aromatic rings. The monoisotopic (exact) mass is 178 g/mol. The predicted octanol–water partition coefficient (Wildman–Crippen LogP) is 2.86. The molecule has 0 spiro atoms. The summed E-state index contributed by atoms with van der Waals surface area (Å²) >= 11 is 0. The van der Waals surface area contributed by atoms with E-state index < -0.39 is 0 Å². The molecule has 0 N–H and O–H groups in total. The summed E-state index contributed by atoms with van der Waals surface area (Å²) < 4.78 is 0. The molecule has 1 heterocycles. The van der Waals surface area contributed by atoms with Crippen LogP contribution in [0.2, 0.25) is 0 Å². The van der Waals surface area contributed by atoms with E-state index in [1.165, 1.54) is 23.4 Å². The lowest BCUT2D eigenvalue weighted by molar-refractivity contribution is 0.741. The third kappa shape index (κ3) is 1.87. The Balaban J connectivity index is 0.000000396. The number of nitrogens with zero attached hydrogens (tertiary/aromatic N) is 2. The maximum atomic E-state index is 4.26. The van der Waals surface area contributed by atoms with E-state index in [2.05, 4.69) is 23.8 Å². The molecule has 0 bridgehead atoms. The van der Waals surface area contributed by atoms with Crippen LogP contribution in [0.5, 0.6) is 0 Å². The Bertz CT molecular complexity index is 281. The van der Waals surface area contributed by atoms with Crippen molar-refractivity contribution in [3.05, 3.63) is 23.3 Å². The van der Waals surface area contributed by atoms with Crippen molar-refractivity contribution >= 4 is 0 Å². The summed E-state index contributed by atoms with van der Waals surface area (Å²) in [4.78, 5) is 8.45. The lowest BCUT2D eigenvalue weighted by atomic mass is 10.0. The minimum Gasteiger partial charge on any atom is -0.241 e. The average molecular weight is 178 g/mol. The van der Waals surface area contributed by atoms with Crippen LogP contribution in [0.25, 0.3) is 0 Å². The van der Waals surface area contributed by atoms with Crippen LogP contribution in [0.1, 0.15) is 50.1 Å². The first-order valence-corrected chi connectivity index (χ1v) is 5.09. The van der Waals surface area contributed by atoms with Crippen LogP contribution in [-0.4, -0.2) is 9.97 Å². The predicted molar refractivity (Wildman–Crippen MR) is 54.9 cm³/mol. The second kappa shape index (κ2) is 4.35. The summed E-state index contributed by atoms with van der Waals surface area (Å²) in [7, 11) is 0. The Labute approximate surface area is 80.4 Å². The fourth-order valence-corrected chi connectivity index (χ4v) is 1.87. The van der Waals surface area contributed by atoms with E-state index in [1.54, 1.807) is 6.33 Å². The summed E-state index contributed by atoms with van der Waals surface area (Å²) in [6.07, 6.45) is 4.06. The number of hydrogen-bond donors (Lipinski definition) is 0. The molecule has 0 radical (unpaired) electrons. The van der Waals surface area contributed by atoms with Gasteiger partial charge in [0.05, 0.1) is 0 Å². The molecule has 1 atom stereocenters. The first-order valence-electron chi connectivity index (χ1n) is 5.09. The number of aromatic nitrogens is 2. The van der Waals surface area contributed by atoms with Crippen molar-refractivity contribution in [2.45, 2.75) is 46.5 Å². The highest BCUT2D eigenvalue weighted by Gasteiger charge is 2.21. The summed E-state index contributed by atoms with van der Waals surface area (Å²) in [5, 5.41) is 0. The first-order chi connectivity index (χ1) is 6.29. The smallest absolute Gasteiger partial charge is 0.115 e. The zero-order valence-electron chi connectivity index (χ0n) is 8.96. The van der Waals surface area contributed by atoms with Crippen LogP contribution in [0.3, 0.4) is 0 Å². The molecule has 2 heteroatoms. The average Bonchev–Trinajstić information content (AvgIpc) is 2.53. The van der Waals surface area contributed by atoms with Crippen LogP contribution < -0.4 is 0 Å². The number of fused-ring (bicyclic) bond motifs is 1. The number of rotatable bonds is 0. The van der Waals surface area contributed by atoms with E-state index in [4.69, 9.17) is 0 Å². The molecule has 0 unspecified atom stereocenters. The third-order valence-corrected chi connectivity index (χ3v) is 2.47. The topological polar surface area (TPSA) is 25.8 Å². The van der Waals surface area contributed by atoms with E-state index in [1.807, 2.05) is 13.8 Å². The van der Waals surface area contributed by atoms with Gasteiger partial charge in [-0.05, 0) is 31.2 Å². The van der Waals surface area contributed by atoms with Gasteiger partial charge >= 0.3 is 0 Å². The molecular weight excluding hydrogens is 160 g/mol. The highest BCUT2D eigenvalue weighted by atomic mass is 14.8. The zero-order chi connectivity index (χ0) is 9.84. The molecule has 0 aromatic carbocycles. The summed E-state index contributed by atoms with van der Waals surface area (Å²) in [6.45, 7) is 8.32. The highest BCUT2D eigenvalue weighted by molar-refractivity contribution is 5.31. The van der Waals surface area contributed by atoms with Gasteiger partial charge in [-0.15, -0.1) is 0 Å². The van der Waals surface area contributed by atoms with E-state index >= 15 is 0 Å². The molecule has 0 fully saturated rings. The van der Waals surface area contributed by atoms with Gasteiger partial charge in [0.2, 0.25) is 0 Å². The van der Waals surface area contributed by atoms with E-state index in [0.29, 0.717) is 5.92 Å². The number of aryl methyl sites for hydroxylation is 2. The Morgan fingerprint density at radius 3 is 2.62 bits per heavy atom. The summed E-state index contributed by atoms with van der Waals surface area (Å²) in [5.74, 6) is 0.672. The number of hydrogen-bond acceptors (Lipinski definition) is 2. The molecule has 2 nitrogen and oxygen atoms in total. The van der Waals surface area contributed by atoms with Gasteiger partial charge in [-0.1, -0.05) is 20.8 Å². The van der Waals surface area contributed by atoms with E-state index in [9.17, 15) is 0 Å². The largest absolute Gasteiger partial charge is 0.241 e. The molecule has 1 aromatic heterocycles. The molecule has 1 aliphatic carbocycles. The van der Waals surface area contributed by atoms with Crippen molar-refractivity contribution < 1.29 is 0 Å². The molecule has 72 valence electrons. The molecule has 0 aliphatic heterocycles. The van der Waals surface area contributed by atoms with Gasteiger partial charge in [0.15, 0.2) is 0 Å². The maximum Gasteiger partial charge on any atom is 0.115 e. The van der Waals surface area contributed by atoms with Crippen LogP contribution in [0.15, 0.2) is 6.33 Å². The third-order valence-electron chi connectivity index (χ3n) is 2.47. The lowest BCUT2D eigenvalue weighted by Gasteiger charge is -2.05. The van der Waals surface area contributed by atoms with Gasteiger partial charge in [-0.2, -0.15) is 0 Å². The Morgan fingerprint density at radius 2 is 2.00 bits per heavy atom. The quantitative estimate of drug-likeness (QED) is 0.610. The van der Waals surface area contributed by atoms with Gasteiger partial charge in [0.1, 0.15) is 6.33 Å². The second-order valence-electron chi connectivity index (χ2n) is 3.26. The van der Waals surface area contributed by atoms with Crippen LogP contribution in [0, 0.1) is 6.92 Å². The fraction of sp³-hybridized carbons (Fsp3) is 0.636.